The summed E-state index contributed by atoms with van der Waals surface area (Å²) in [5.74, 6) is -1.58. The molecule has 0 aliphatic heterocycles. The lowest BCUT2D eigenvalue weighted by atomic mass is 10.1. The first-order chi connectivity index (χ1) is 9.27. The van der Waals surface area contributed by atoms with Gasteiger partial charge in [0.05, 0.1) is 19.3 Å². The van der Waals surface area contributed by atoms with Gasteiger partial charge < -0.3 is 9.84 Å². The van der Waals surface area contributed by atoms with E-state index in [1.165, 1.54) is 24.2 Å². The van der Waals surface area contributed by atoms with E-state index in [4.69, 9.17) is 9.84 Å². The van der Waals surface area contributed by atoms with Crippen LogP contribution >= 0.6 is 0 Å². The van der Waals surface area contributed by atoms with Crippen LogP contribution in [0, 0.1) is 5.92 Å². The van der Waals surface area contributed by atoms with Crippen molar-refractivity contribution in [2.24, 2.45) is 5.92 Å². The largest absolute Gasteiger partial charge is 0.480 e. The molecule has 0 spiro atoms. The summed E-state index contributed by atoms with van der Waals surface area (Å²) in [6, 6.07) is -1.18. The molecule has 20 heavy (non-hydrogen) atoms. The van der Waals surface area contributed by atoms with E-state index in [0.29, 0.717) is 13.2 Å². The molecule has 0 aromatic carbocycles. The van der Waals surface area contributed by atoms with Gasteiger partial charge in [-0.2, -0.15) is 9.82 Å². The summed E-state index contributed by atoms with van der Waals surface area (Å²) in [5, 5.41) is 12.9. The molecule has 2 N–H and O–H groups in total. The maximum atomic E-state index is 12.1. The molecule has 0 amide bonds. The number of rotatable bonds is 8. The predicted molar refractivity (Wildman–Crippen MR) is 70.7 cm³/mol. The molecule has 8 nitrogen and oxygen atoms in total. The molecule has 0 saturated heterocycles. The SMILES string of the molecule is COCCn1cc(S(=O)(=O)N[C@@H](C(=O)O)C(C)C)cn1. The number of nitrogens with zero attached hydrogens (tertiary/aromatic N) is 2. The van der Waals surface area contributed by atoms with Crippen molar-refractivity contribution in [3.63, 3.8) is 0 Å². The van der Waals surface area contributed by atoms with Crippen LogP contribution in [-0.4, -0.2) is 49.0 Å². The van der Waals surface area contributed by atoms with E-state index in [1.54, 1.807) is 13.8 Å². The Morgan fingerprint density at radius 2 is 2.20 bits per heavy atom. The second-order valence-corrected chi connectivity index (χ2v) is 6.33. The van der Waals surface area contributed by atoms with Crippen LogP contribution in [0.5, 0.6) is 0 Å². The van der Waals surface area contributed by atoms with Gasteiger partial charge in [-0.1, -0.05) is 13.8 Å². The van der Waals surface area contributed by atoms with Crippen LogP contribution < -0.4 is 4.72 Å². The Morgan fingerprint density at radius 1 is 1.55 bits per heavy atom. The third-order valence-corrected chi connectivity index (χ3v) is 4.05. The summed E-state index contributed by atoms with van der Waals surface area (Å²) in [5.41, 5.74) is 0. The van der Waals surface area contributed by atoms with Crippen molar-refractivity contribution in [1.82, 2.24) is 14.5 Å². The Bertz CT molecular complexity index is 552. The molecular weight excluding hydrogens is 286 g/mol. The van der Waals surface area contributed by atoms with Gasteiger partial charge >= 0.3 is 5.97 Å². The molecule has 0 bridgehead atoms. The molecule has 0 unspecified atom stereocenters. The third kappa shape index (κ3) is 4.29. The van der Waals surface area contributed by atoms with Gasteiger partial charge in [0, 0.05) is 13.3 Å². The second-order valence-electron chi connectivity index (χ2n) is 4.61. The van der Waals surface area contributed by atoms with E-state index in [9.17, 15) is 13.2 Å². The van der Waals surface area contributed by atoms with Crippen molar-refractivity contribution in [2.75, 3.05) is 13.7 Å². The number of ether oxygens (including phenoxy) is 1. The fourth-order valence-corrected chi connectivity index (χ4v) is 2.79. The topological polar surface area (TPSA) is 111 Å². The minimum absolute atomic E-state index is 0.0690. The lowest BCUT2D eigenvalue weighted by Gasteiger charge is -2.17. The van der Waals surface area contributed by atoms with E-state index in [0.717, 1.165) is 0 Å². The van der Waals surface area contributed by atoms with Crippen molar-refractivity contribution in [1.29, 1.82) is 0 Å². The molecule has 114 valence electrons. The maximum absolute atomic E-state index is 12.1. The number of nitrogens with one attached hydrogen (secondary N) is 1. The molecule has 0 radical (unpaired) electrons. The van der Waals surface area contributed by atoms with Crippen molar-refractivity contribution in [3.8, 4) is 0 Å². The summed E-state index contributed by atoms with van der Waals surface area (Å²) < 4.78 is 32.6. The van der Waals surface area contributed by atoms with Gasteiger partial charge in [-0.05, 0) is 5.92 Å². The fourth-order valence-electron chi connectivity index (χ4n) is 1.50. The van der Waals surface area contributed by atoms with E-state index >= 15 is 0 Å². The monoisotopic (exact) mass is 305 g/mol. The van der Waals surface area contributed by atoms with E-state index in [-0.39, 0.29) is 10.8 Å². The van der Waals surface area contributed by atoms with Gasteiger partial charge in [0.1, 0.15) is 10.9 Å². The standard InChI is InChI=1S/C11H19N3O5S/c1-8(2)10(11(15)16)13-20(17,18)9-6-12-14(7-9)4-5-19-3/h6-8,10,13H,4-5H2,1-3H3,(H,15,16)/t10-/m1/s1. The summed E-state index contributed by atoms with van der Waals surface area (Å²) in [6.07, 6.45) is 2.51. The highest BCUT2D eigenvalue weighted by Crippen LogP contribution is 2.11. The fraction of sp³-hybridized carbons (Fsp3) is 0.636. The molecule has 1 aromatic heterocycles. The molecule has 1 rings (SSSR count). The Balaban J connectivity index is 2.87. The second kappa shape index (κ2) is 6.82. The summed E-state index contributed by atoms with van der Waals surface area (Å²) in [7, 11) is -2.38. The van der Waals surface area contributed by atoms with Crippen LogP contribution in [-0.2, 0) is 26.1 Å². The summed E-state index contributed by atoms with van der Waals surface area (Å²) in [6.45, 7) is 4.07. The Hall–Kier alpha value is -1.45. The highest BCUT2D eigenvalue weighted by molar-refractivity contribution is 7.89. The van der Waals surface area contributed by atoms with Gasteiger partial charge in [0.2, 0.25) is 10.0 Å². The Labute approximate surface area is 117 Å². The van der Waals surface area contributed by atoms with Gasteiger partial charge in [-0.25, -0.2) is 8.42 Å². The zero-order chi connectivity index (χ0) is 15.3. The van der Waals surface area contributed by atoms with Crippen LogP contribution in [0.15, 0.2) is 17.3 Å². The first-order valence-corrected chi connectivity index (χ1v) is 7.52. The molecular formula is C11H19N3O5S. The van der Waals surface area contributed by atoms with Gasteiger partial charge in [-0.3, -0.25) is 9.48 Å². The summed E-state index contributed by atoms with van der Waals surface area (Å²) in [4.78, 5) is 11.0. The number of sulfonamides is 1. The van der Waals surface area contributed by atoms with Crippen LogP contribution in [0.1, 0.15) is 13.8 Å². The van der Waals surface area contributed by atoms with Crippen LogP contribution in [0.3, 0.4) is 0 Å². The smallest absolute Gasteiger partial charge is 0.322 e. The van der Waals surface area contributed by atoms with Gasteiger partial charge in [0.15, 0.2) is 0 Å². The van der Waals surface area contributed by atoms with E-state index in [1.807, 2.05) is 0 Å². The number of carbonyl (C=O) groups is 1. The first-order valence-electron chi connectivity index (χ1n) is 6.04. The number of aromatic nitrogens is 2. The molecule has 1 atom stereocenters. The van der Waals surface area contributed by atoms with Gasteiger partial charge in [-0.15, -0.1) is 0 Å². The predicted octanol–water partition coefficient (Wildman–Crippen LogP) is -0.0830. The van der Waals surface area contributed by atoms with Crippen molar-refractivity contribution in [2.45, 2.75) is 31.3 Å². The minimum Gasteiger partial charge on any atom is -0.480 e. The average molecular weight is 305 g/mol. The molecule has 1 aromatic rings. The molecule has 1 heterocycles. The highest BCUT2D eigenvalue weighted by Gasteiger charge is 2.28. The Morgan fingerprint density at radius 3 is 2.70 bits per heavy atom. The molecule has 0 aliphatic rings. The molecule has 9 heteroatoms. The number of methoxy groups -OCH3 is 1. The number of carboxylic acids is 1. The number of hydrogen-bond acceptors (Lipinski definition) is 5. The maximum Gasteiger partial charge on any atom is 0.322 e. The van der Waals surface area contributed by atoms with E-state index in [2.05, 4.69) is 9.82 Å². The zero-order valence-corrected chi connectivity index (χ0v) is 12.4. The number of carboxylic acid groups (broad SMARTS) is 1. The van der Waals surface area contributed by atoms with Crippen molar-refractivity contribution < 1.29 is 23.1 Å². The number of aliphatic carboxylic acids is 1. The Kier molecular flexibility index (Phi) is 5.66. The first kappa shape index (κ1) is 16.6. The molecule has 0 aliphatic carbocycles. The lowest BCUT2D eigenvalue weighted by molar-refractivity contribution is -0.140. The van der Waals surface area contributed by atoms with Gasteiger partial charge in [0.25, 0.3) is 0 Å². The minimum atomic E-state index is -3.91. The van der Waals surface area contributed by atoms with Crippen molar-refractivity contribution in [3.05, 3.63) is 12.4 Å². The summed E-state index contributed by atoms with van der Waals surface area (Å²) >= 11 is 0. The molecule has 0 saturated carbocycles. The zero-order valence-electron chi connectivity index (χ0n) is 11.6. The van der Waals surface area contributed by atoms with Crippen LogP contribution in [0.2, 0.25) is 0 Å². The van der Waals surface area contributed by atoms with Crippen molar-refractivity contribution >= 4 is 16.0 Å². The number of hydrogen-bond donors (Lipinski definition) is 2. The quantitative estimate of drug-likeness (QED) is 0.695. The van der Waals surface area contributed by atoms with Crippen LogP contribution in [0.25, 0.3) is 0 Å². The third-order valence-electron chi connectivity index (χ3n) is 2.66. The lowest BCUT2D eigenvalue weighted by Crippen LogP contribution is -2.44. The average Bonchev–Trinajstić information content (AvgIpc) is 2.82. The van der Waals surface area contributed by atoms with E-state index < -0.39 is 22.0 Å². The van der Waals surface area contributed by atoms with Crippen LogP contribution in [0.4, 0.5) is 0 Å². The highest BCUT2D eigenvalue weighted by atomic mass is 32.2. The molecule has 0 fully saturated rings. The normalized spacial score (nSPS) is 13.6.